The Balaban J connectivity index is 1.72. The SMILES string of the molecule is CC(C)(C(=O)NCCCn1ccnc1)N1CCNCC1. The van der Waals surface area contributed by atoms with Crippen LogP contribution in [-0.2, 0) is 11.3 Å². The number of aromatic nitrogens is 2. The van der Waals surface area contributed by atoms with Crippen LogP contribution in [0.15, 0.2) is 18.7 Å². The van der Waals surface area contributed by atoms with Gasteiger partial charge in [-0.05, 0) is 20.3 Å². The molecular formula is C14H25N5O. The van der Waals surface area contributed by atoms with E-state index in [1.54, 1.807) is 12.5 Å². The number of carbonyl (C=O) groups is 1. The summed E-state index contributed by atoms with van der Waals surface area (Å²) in [6.45, 7) is 9.35. The quantitative estimate of drug-likeness (QED) is 0.724. The molecule has 1 fully saturated rings. The fourth-order valence-corrected chi connectivity index (χ4v) is 2.47. The van der Waals surface area contributed by atoms with Crippen molar-refractivity contribution < 1.29 is 4.79 Å². The van der Waals surface area contributed by atoms with Crippen LogP contribution in [0.1, 0.15) is 20.3 Å². The highest BCUT2D eigenvalue weighted by Gasteiger charge is 2.34. The van der Waals surface area contributed by atoms with Crippen LogP contribution in [0.5, 0.6) is 0 Å². The Morgan fingerprint density at radius 3 is 2.80 bits per heavy atom. The number of amides is 1. The first-order chi connectivity index (χ1) is 9.60. The lowest BCUT2D eigenvalue weighted by atomic mass is 10.0. The summed E-state index contributed by atoms with van der Waals surface area (Å²) in [7, 11) is 0. The highest BCUT2D eigenvalue weighted by atomic mass is 16.2. The first-order valence-corrected chi connectivity index (χ1v) is 7.30. The molecule has 1 aromatic rings. The number of hydrogen-bond donors (Lipinski definition) is 2. The minimum absolute atomic E-state index is 0.116. The number of rotatable bonds is 6. The van der Waals surface area contributed by atoms with E-state index in [4.69, 9.17) is 0 Å². The highest BCUT2D eigenvalue weighted by molar-refractivity contribution is 5.85. The van der Waals surface area contributed by atoms with Crippen LogP contribution in [0.25, 0.3) is 0 Å². The van der Waals surface area contributed by atoms with Crippen LogP contribution in [0.3, 0.4) is 0 Å². The smallest absolute Gasteiger partial charge is 0.239 e. The lowest BCUT2D eigenvalue weighted by Gasteiger charge is -2.39. The normalized spacial score (nSPS) is 17.1. The molecule has 6 nitrogen and oxygen atoms in total. The van der Waals surface area contributed by atoms with Crippen LogP contribution < -0.4 is 10.6 Å². The first kappa shape index (κ1) is 15.0. The minimum atomic E-state index is -0.433. The third kappa shape index (κ3) is 3.80. The second-order valence-corrected chi connectivity index (χ2v) is 5.71. The summed E-state index contributed by atoms with van der Waals surface area (Å²) in [5.41, 5.74) is -0.433. The van der Waals surface area contributed by atoms with E-state index in [0.29, 0.717) is 6.54 Å². The number of nitrogens with one attached hydrogen (secondary N) is 2. The number of imidazole rings is 1. The molecular weight excluding hydrogens is 254 g/mol. The molecule has 2 heterocycles. The summed E-state index contributed by atoms with van der Waals surface area (Å²) in [4.78, 5) is 18.6. The molecule has 0 aromatic carbocycles. The molecule has 112 valence electrons. The van der Waals surface area contributed by atoms with Crippen molar-refractivity contribution in [2.45, 2.75) is 32.4 Å². The zero-order valence-corrected chi connectivity index (χ0v) is 12.4. The molecule has 0 spiro atoms. The van der Waals surface area contributed by atoms with Gasteiger partial charge in [-0.2, -0.15) is 0 Å². The van der Waals surface area contributed by atoms with Crippen molar-refractivity contribution in [1.82, 2.24) is 25.1 Å². The van der Waals surface area contributed by atoms with Crippen molar-refractivity contribution in [3.63, 3.8) is 0 Å². The summed E-state index contributed by atoms with van der Waals surface area (Å²) in [6, 6.07) is 0. The summed E-state index contributed by atoms with van der Waals surface area (Å²) in [5, 5.41) is 6.36. The van der Waals surface area contributed by atoms with Gasteiger partial charge in [0.1, 0.15) is 0 Å². The molecule has 0 bridgehead atoms. The molecule has 1 saturated heterocycles. The molecule has 0 saturated carbocycles. The number of aryl methyl sites for hydroxylation is 1. The zero-order valence-electron chi connectivity index (χ0n) is 12.4. The van der Waals surface area contributed by atoms with E-state index in [0.717, 1.165) is 39.1 Å². The first-order valence-electron chi connectivity index (χ1n) is 7.30. The van der Waals surface area contributed by atoms with Gasteiger partial charge in [0.15, 0.2) is 0 Å². The molecule has 1 aliphatic heterocycles. The molecule has 2 N–H and O–H groups in total. The Labute approximate surface area is 120 Å². The Bertz CT molecular complexity index is 409. The maximum Gasteiger partial charge on any atom is 0.239 e. The molecule has 0 unspecified atom stereocenters. The number of hydrogen-bond acceptors (Lipinski definition) is 4. The van der Waals surface area contributed by atoms with Gasteiger partial charge >= 0.3 is 0 Å². The van der Waals surface area contributed by atoms with Crippen LogP contribution >= 0.6 is 0 Å². The van der Waals surface area contributed by atoms with Gasteiger partial charge in [0.05, 0.1) is 11.9 Å². The Morgan fingerprint density at radius 1 is 1.40 bits per heavy atom. The Hall–Kier alpha value is -1.40. The minimum Gasteiger partial charge on any atom is -0.354 e. The summed E-state index contributed by atoms with van der Waals surface area (Å²) in [6.07, 6.45) is 6.42. The Kier molecular flexibility index (Phi) is 5.14. The van der Waals surface area contributed by atoms with E-state index in [-0.39, 0.29) is 5.91 Å². The third-order valence-corrected chi connectivity index (χ3v) is 3.90. The van der Waals surface area contributed by atoms with Crippen molar-refractivity contribution in [3.05, 3.63) is 18.7 Å². The standard InChI is InChI=1S/C14H25N5O/c1-14(2,19-10-6-15-7-11-19)13(20)17-4-3-8-18-9-5-16-12-18/h5,9,12,15H,3-4,6-8,10-11H2,1-2H3,(H,17,20). The van der Waals surface area contributed by atoms with Crippen molar-refractivity contribution in [2.75, 3.05) is 32.7 Å². The van der Waals surface area contributed by atoms with Gasteiger partial charge in [-0.1, -0.05) is 0 Å². The molecule has 1 aliphatic rings. The topological polar surface area (TPSA) is 62.2 Å². The van der Waals surface area contributed by atoms with Crippen molar-refractivity contribution in [3.8, 4) is 0 Å². The fraction of sp³-hybridized carbons (Fsp3) is 0.714. The van der Waals surface area contributed by atoms with Crippen LogP contribution in [0, 0.1) is 0 Å². The monoisotopic (exact) mass is 279 g/mol. The van der Waals surface area contributed by atoms with Crippen molar-refractivity contribution in [2.24, 2.45) is 0 Å². The molecule has 6 heteroatoms. The van der Waals surface area contributed by atoms with Gasteiger partial charge in [-0.15, -0.1) is 0 Å². The average Bonchev–Trinajstić information content (AvgIpc) is 2.97. The van der Waals surface area contributed by atoms with Gasteiger partial charge < -0.3 is 15.2 Å². The molecule has 2 rings (SSSR count). The third-order valence-electron chi connectivity index (χ3n) is 3.90. The predicted molar refractivity (Wildman–Crippen MR) is 78.4 cm³/mol. The summed E-state index contributed by atoms with van der Waals surface area (Å²) < 4.78 is 2.02. The number of piperazine rings is 1. The zero-order chi connectivity index (χ0) is 14.4. The molecule has 1 amide bonds. The maximum absolute atomic E-state index is 12.3. The largest absolute Gasteiger partial charge is 0.354 e. The summed E-state index contributed by atoms with van der Waals surface area (Å²) >= 11 is 0. The van der Waals surface area contributed by atoms with Gasteiger partial charge in [-0.25, -0.2) is 4.98 Å². The van der Waals surface area contributed by atoms with E-state index in [2.05, 4.69) is 20.5 Å². The molecule has 20 heavy (non-hydrogen) atoms. The maximum atomic E-state index is 12.3. The van der Waals surface area contributed by atoms with E-state index in [9.17, 15) is 4.79 Å². The van der Waals surface area contributed by atoms with Crippen molar-refractivity contribution >= 4 is 5.91 Å². The molecule has 1 aromatic heterocycles. The van der Waals surface area contributed by atoms with E-state index in [1.165, 1.54) is 0 Å². The second-order valence-electron chi connectivity index (χ2n) is 5.71. The lowest BCUT2D eigenvalue weighted by Crippen LogP contribution is -2.60. The number of carbonyl (C=O) groups excluding carboxylic acids is 1. The second kappa shape index (κ2) is 6.85. The van der Waals surface area contributed by atoms with Gasteiger partial charge in [0.25, 0.3) is 0 Å². The number of nitrogens with zero attached hydrogens (tertiary/aromatic N) is 3. The van der Waals surface area contributed by atoms with E-state index < -0.39 is 5.54 Å². The van der Waals surface area contributed by atoms with Gasteiger partial charge in [0.2, 0.25) is 5.91 Å². The van der Waals surface area contributed by atoms with Crippen LogP contribution in [0.2, 0.25) is 0 Å². The van der Waals surface area contributed by atoms with Crippen LogP contribution in [-0.4, -0.2) is 58.6 Å². The van der Waals surface area contributed by atoms with E-state index >= 15 is 0 Å². The highest BCUT2D eigenvalue weighted by Crippen LogP contribution is 2.15. The molecule has 0 atom stereocenters. The molecule has 0 aliphatic carbocycles. The van der Waals surface area contributed by atoms with Gasteiger partial charge in [-0.3, -0.25) is 9.69 Å². The summed E-state index contributed by atoms with van der Waals surface area (Å²) in [5.74, 6) is 0.116. The predicted octanol–water partition coefficient (Wildman–Crippen LogP) is 0.0732. The van der Waals surface area contributed by atoms with Crippen molar-refractivity contribution in [1.29, 1.82) is 0 Å². The van der Waals surface area contributed by atoms with E-state index in [1.807, 2.05) is 24.6 Å². The lowest BCUT2D eigenvalue weighted by molar-refractivity contribution is -0.132. The molecule has 0 radical (unpaired) electrons. The Morgan fingerprint density at radius 2 is 2.15 bits per heavy atom. The fourth-order valence-electron chi connectivity index (χ4n) is 2.47. The average molecular weight is 279 g/mol. The van der Waals surface area contributed by atoms with Crippen LogP contribution in [0.4, 0.5) is 0 Å². The van der Waals surface area contributed by atoms with Gasteiger partial charge in [0, 0.05) is 51.7 Å².